The molecule has 0 saturated carbocycles. The summed E-state index contributed by atoms with van der Waals surface area (Å²) in [5.74, 6) is -0.360. The van der Waals surface area contributed by atoms with Gasteiger partial charge in [0.2, 0.25) is 16.4 Å². The highest BCUT2D eigenvalue weighted by molar-refractivity contribution is 7.89. The van der Waals surface area contributed by atoms with E-state index in [1.165, 1.54) is 21.3 Å². The molecule has 1 aromatic carbocycles. The van der Waals surface area contributed by atoms with Crippen LogP contribution in [-0.2, 0) is 21.4 Å². The van der Waals surface area contributed by atoms with Gasteiger partial charge in [0.1, 0.15) is 0 Å². The van der Waals surface area contributed by atoms with Gasteiger partial charge < -0.3 is 10.2 Å². The van der Waals surface area contributed by atoms with Crippen LogP contribution in [-0.4, -0.2) is 61.1 Å². The maximum atomic E-state index is 12.8. The minimum Gasteiger partial charge on any atom is -0.348 e. The SMILES string of the molecule is O=CN1CCN(S(=O)(=O)c2cccc(C(=O)NCc3cccnc3)c2)CC1. The zero-order chi connectivity index (χ0) is 19.3. The van der Waals surface area contributed by atoms with Gasteiger partial charge >= 0.3 is 0 Å². The first-order chi connectivity index (χ1) is 13.0. The van der Waals surface area contributed by atoms with E-state index in [4.69, 9.17) is 0 Å². The highest BCUT2D eigenvalue weighted by Gasteiger charge is 2.28. The maximum Gasteiger partial charge on any atom is 0.251 e. The molecule has 3 rings (SSSR count). The molecule has 1 aliphatic rings. The fourth-order valence-electron chi connectivity index (χ4n) is 2.78. The van der Waals surface area contributed by atoms with E-state index in [-0.39, 0.29) is 29.5 Å². The van der Waals surface area contributed by atoms with Crippen molar-refractivity contribution in [2.45, 2.75) is 11.4 Å². The molecule has 27 heavy (non-hydrogen) atoms. The lowest BCUT2D eigenvalue weighted by molar-refractivity contribution is -0.119. The van der Waals surface area contributed by atoms with Crippen molar-refractivity contribution in [2.24, 2.45) is 0 Å². The lowest BCUT2D eigenvalue weighted by Crippen LogP contribution is -2.48. The number of nitrogens with zero attached hydrogens (tertiary/aromatic N) is 3. The van der Waals surface area contributed by atoms with Crippen LogP contribution in [0.3, 0.4) is 0 Å². The molecular formula is C18H20N4O4S. The van der Waals surface area contributed by atoms with Crippen LogP contribution in [0.2, 0.25) is 0 Å². The van der Waals surface area contributed by atoms with Gasteiger partial charge in [-0.15, -0.1) is 0 Å². The molecule has 1 fully saturated rings. The summed E-state index contributed by atoms with van der Waals surface area (Å²) in [6.45, 7) is 1.48. The Hall–Kier alpha value is -2.78. The fraction of sp³-hybridized carbons (Fsp3) is 0.278. The third-order valence-electron chi connectivity index (χ3n) is 4.33. The average molecular weight is 388 g/mol. The van der Waals surface area contributed by atoms with Crippen molar-refractivity contribution in [1.82, 2.24) is 19.5 Å². The highest BCUT2D eigenvalue weighted by Crippen LogP contribution is 2.18. The fourth-order valence-corrected chi connectivity index (χ4v) is 4.25. The van der Waals surface area contributed by atoms with Crippen LogP contribution in [0.5, 0.6) is 0 Å². The lowest BCUT2D eigenvalue weighted by Gasteiger charge is -2.31. The molecule has 1 saturated heterocycles. The summed E-state index contributed by atoms with van der Waals surface area (Å²) >= 11 is 0. The molecule has 142 valence electrons. The van der Waals surface area contributed by atoms with Gasteiger partial charge in [-0.3, -0.25) is 14.6 Å². The van der Waals surface area contributed by atoms with Crippen molar-refractivity contribution < 1.29 is 18.0 Å². The first-order valence-electron chi connectivity index (χ1n) is 8.47. The van der Waals surface area contributed by atoms with Crippen LogP contribution in [0.4, 0.5) is 0 Å². The van der Waals surface area contributed by atoms with Gasteiger partial charge in [-0.05, 0) is 29.8 Å². The Balaban J connectivity index is 1.70. The molecule has 1 N–H and O–H groups in total. The Morgan fingerprint density at radius 3 is 2.59 bits per heavy atom. The van der Waals surface area contributed by atoms with Gasteiger partial charge in [0.15, 0.2) is 0 Å². The Morgan fingerprint density at radius 1 is 1.15 bits per heavy atom. The molecule has 1 aliphatic heterocycles. The third kappa shape index (κ3) is 4.50. The van der Waals surface area contributed by atoms with Crippen LogP contribution in [0.15, 0.2) is 53.7 Å². The van der Waals surface area contributed by atoms with Crippen LogP contribution in [0, 0.1) is 0 Å². The predicted molar refractivity (Wildman–Crippen MR) is 98.2 cm³/mol. The summed E-state index contributed by atoms with van der Waals surface area (Å²) in [5, 5.41) is 2.75. The normalized spacial score (nSPS) is 15.3. The van der Waals surface area contributed by atoms with E-state index in [2.05, 4.69) is 10.3 Å². The Labute approximate surface area is 157 Å². The minimum absolute atomic E-state index is 0.0658. The number of sulfonamides is 1. The molecule has 2 aromatic rings. The summed E-state index contributed by atoms with van der Waals surface area (Å²) in [6.07, 6.45) is 4.02. The Bertz CT molecular complexity index is 910. The summed E-state index contributed by atoms with van der Waals surface area (Å²) in [6, 6.07) is 9.58. The number of nitrogens with one attached hydrogen (secondary N) is 1. The van der Waals surface area contributed by atoms with Crippen molar-refractivity contribution in [3.63, 3.8) is 0 Å². The molecule has 2 heterocycles. The Kier molecular flexibility index (Phi) is 5.82. The molecule has 0 unspecified atom stereocenters. The number of rotatable bonds is 6. The van der Waals surface area contributed by atoms with E-state index in [0.717, 1.165) is 12.0 Å². The largest absolute Gasteiger partial charge is 0.348 e. The summed E-state index contributed by atoms with van der Waals surface area (Å²) in [4.78, 5) is 28.7. The van der Waals surface area contributed by atoms with Crippen molar-refractivity contribution in [1.29, 1.82) is 0 Å². The summed E-state index contributed by atoms with van der Waals surface area (Å²) in [5.41, 5.74) is 1.12. The monoisotopic (exact) mass is 388 g/mol. The highest BCUT2D eigenvalue weighted by atomic mass is 32.2. The quantitative estimate of drug-likeness (QED) is 0.726. The molecule has 8 nitrogen and oxygen atoms in total. The minimum atomic E-state index is -3.72. The predicted octanol–water partition coefficient (Wildman–Crippen LogP) is 0.474. The molecule has 1 aromatic heterocycles. The lowest BCUT2D eigenvalue weighted by atomic mass is 10.2. The molecule has 0 bridgehead atoms. The van der Waals surface area contributed by atoms with Gasteiger partial charge in [-0.1, -0.05) is 12.1 Å². The van der Waals surface area contributed by atoms with Gasteiger partial charge in [0.25, 0.3) is 5.91 Å². The number of amides is 2. The molecule has 0 atom stereocenters. The second-order valence-corrected chi connectivity index (χ2v) is 8.06. The number of pyridine rings is 1. The van der Waals surface area contributed by atoms with E-state index < -0.39 is 10.0 Å². The zero-order valence-corrected chi connectivity index (χ0v) is 15.4. The summed E-state index contributed by atoms with van der Waals surface area (Å²) in [7, 11) is -3.72. The number of piperazine rings is 1. The van der Waals surface area contributed by atoms with Gasteiger partial charge in [0, 0.05) is 50.7 Å². The van der Waals surface area contributed by atoms with E-state index in [1.807, 2.05) is 6.07 Å². The average Bonchev–Trinajstić information content (AvgIpc) is 2.73. The van der Waals surface area contributed by atoms with E-state index >= 15 is 0 Å². The molecule has 0 aliphatic carbocycles. The smallest absolute Gasteiger partial charge is 0.251 e. The van der Waals surface area contributed by atoms with Crippen molar-refractivity contribution in [3.05, 3.63) is 59.9 Å². The number of hydrogen-bond donors (Lipinski definition) is 1. The molecule has 2 amide bonds. The van der Waals surface area contributed by atoms with Gasteiger partial charge in [-0.2, -0.15) is 4.31 Å². The second-order valence-electron chi connectivity index (χ2n) is 6.12. The van der Waals surface area contributed by atoms with Crippen LogP contribution >= 0.6 is 0 Å². The van der Waals surface area contributed by atoms with E-state index in [1.54, 1.807) is 30.6 Å². The second kappa shape index (κ2) is 8.28. The van der Waals surface area contributed by atoms with Crippen LogP contribution in [0.1, 0.15) is 15.9 Å². The van der Waals surface area contributed by atoms with Crippen molar-refractivity contribution in [3.8, 4) is 0 Å². The number of benzene rings is 1. The summed E-state index contributed by atoms with van der Waals surface area (Å²) < 4.78 is 27.0. The van der Waals surface area contributed by atoms with Crippen LogP contribution in [0.25, 0.3) is 0 Å². The molecule has 0 spiro atoms. The first kappa shape index (κ1) is 19.0. The zero-order valence-electron chi connectivity index (χ0n) is 14.6. The number of carbonyl (C=O) groups is 2. The van der Waals surface area contributed by atoms with E-state index in [0.29, 0.717) is 19.6 Å². The number of hydrogen-bond acceptors (Lipinski definition) is 5. The first-order valence-corrected chi connectivity index (χ1v) is 9.91. The molecule has 9 heteroatoms. The van der Waals surface area contributed by atoms with Crippen LogP contribution < -0.4 is 5.32 Å². The molecule has 0 radical (unpaired) electrons. The van der Waals surface area contributed by atoms with Crippen molar-refractivity contribution in [2.75, 3.05) is 26.2 Å². The number of carbonyl (C=O) groups excluding carboxylic acids is 2. The van der Waals surface area contributed by atoms with Crippen molar-refractivity contribution >= 4 is 22.3 Å². The van der Waals surface area contributed by atoms with Gasteiger partial charge in [-0.25, -0.2) is 8.42 Å². The standard InChI is InChI=1S/C18H20N4O4S/c23-14-21-7-9-22(10-8-21)27(25,26)17-5-1-4-16(11-17)18(24)20-13-15-3-2-6-19-12-15/h1-6,11-12,14H,7-10,13H2,(H,20,24). The van der Waals surface area contributed by atoms with E-state index in [9.17, 15) is 18.0 Å². The third-order valence-corrected chi connectivity index (χ3v) is 6.23. The molecular weight excluding hydrogens is 368 g/mol. The maximum absolute atomic E-state index is 12.8. The topological polar surface area (TPSA) is 99.7 Å². The Morgan fingerprint density at radius 2 is 1.93 bits per heavy atom. The van der Waals surface area contributed by atoms with Gasteiger partial charge in [0.05, 0.1) is 4.90 Å². The number of aromatic nitrogens is 1.